The first-order valence-electron chi connectivity index (χ1n) is 8.90. The third-order valence-corrected chi connectivity index (χ3v) is 5.09. The van der Waals surface area contributed by atoms with Gasteiger partial charge in [-0.1, -0.05) is 12.1 Å². The first-order valence-corrected chi connectivity index (χ1v) is 8.90. The van der Waals surface area contributed by atoms with Crippen LogP contribution in [-0.2, 0) is 11.3 Å². The molecule has 2 saturated heterocycles. The summed E-state index contributed by atoms with van der Waals surface area (Å²) in [5, 5.41) is 0. The number of amides is 1. The quantitative estimate of drug-likeness (QED) is 0.856. The molecule has 23 heavy (non-hydrogen) atoms. The van der Waals surface area contributed by atoms with Crippen LogP contribution in [0.25, 0.3) is 0 Å². The second kappa shape index (κ2) is 7.82. The van der Waals surface area contributed by atoms with Crippen LogP contribution in [0, 0.1) is 5.92 Å². The van der Waals surface area contributed by atoms with Gasteiger partial charge in [-0.15, -0.1) is 0 Å². The van der Waals surface area contributed by atoms with Crippen molar-refractivity contribution < 1.29 is 9.53 Å². The lowest BCUT2D eigenvalue weighted by atomic mass is 9.95. The second-order valence-electron chi connectivity index (χ2n) is 6.81. The molecule has 0 saturated carbocycles. The molecule has 4 heteroatoms. The van der Waals surface area contributed by atoms with E-state index in [1.165, 1.54) is 24.8 Å². The van der Waals surface area contributed by atoms with Crippen molar-refractivity contribution in [2.45, 2.75) is 38.6 Å². The molecule has 2 aliphatic heterocycles. The highest BCUT2D eigenvalue weighted by Crippen LogP contribution is 2.23. The summed E-state index contributed by atoms with van der Waals surface area (Å²) in [4.78, 5) is 17.2. The minimum absolute atomic E-state index is 0.195. The predicted molar refractivity (Wildman–Crippen MR) is 91.4 cm³/mol. The lowest BCUT2D eigenvalue weighted by Gasteiger charge is -2.36. The van der Waals surface area contributed by atoms with E-state index < -0.39 is 0 Å². The Bertz CT molecular complexity index is 509. The molecule has 3 rings (SSSR count). The highest BCUT2D eigenvalue weighted by atomic mass is 16.5. The maximum absolute atomic E-state index is 12.7. The summed E-state index contributed by atoms with van der Waals surface area (Å²) in [5.74, 6) is 1.48. The average molecular weight is 316 g/mol. The number of rotatable bonds is 4. The molecule has 2 heterocycles. The molecule has 0 bridgehead atoms. The number of benzene rings is 1. The van der Waals surface area contributed by atoms with Crippen molar-refractivity contribution in [2.75, 3.05) is 33.3 Å². The van der Waals surface area contributed by atoms with Crippen LogP contribution in [0.2, 0.25) is 0 Å². The SMILES string of the molecule is COc1ccc(CN2CCC[C@H](C(=O)N3CCCCC3)C2)cc1. The Morgan fingerprint density at radius 2 is 1.83 bits per heavy atom. The molecule has 0 aromatic heterocycles. The lowest BCUT2D eigenvalue weighted by Crippen LogP contribution is -2.46. The Morgan fingerprint density at radius 1 is 1.09 bits per heavy atom. The highest BCUT2D eigenvalue weighted by molar-refractivity contribution is 5.79. The minimum atomic E-state index is 0.195. The minimum Gasteiger partial charge on any atom is -0.497 e. The maximum Gasteiger partial charge on any atom is 0.226 e. The van der Waals surface area contributed by atoms with Gasteiger partial charge < -0.3 is 9.64 Å². The normalized spacial score (nSPS) is 22.8. The summed E-state index contributed by atoms with van der Waals surface area (Å²) in [7, 11) is 1.69. The third-order valence-electron chi connectivity index (χ3n) is 5.09. The lowest BCUT2D eigenvalue weighted by molar-refractivity contribution is -0.138. The Balaban J connectivity index is 1.55. The van der Waals surface area contributed by atoms with E-state index in [-0.39, 0.29) is 5.92 Å². The van der Waals surface area contributed by atoms with Gasteiger partial charge in [-0.3, -0.25) is 9.69 Å². The third kappa shape index (κ3) is 4.25. The molecule has 0 spiro atoms. The largest absolute Gasteiger partial charge is 0.497 e. The van der Waals surface area contributed by atoms with Crippen molar-refractivity contribution in [1.29, 1.82) is 0 Å². The molecule has 2 fully saturated rings. The van der Waals surface area contributed by atoms with Crippen LogP contribution in [0.4, 0.5) is 0 Å². The van der Waals surface area contributed by atoms with Crippen LogP contribution in [0.15, 0.2) is 24.3 Å². The highest BCUT2D eigenvalue weighted by Gasteiger charge is 2.29. The molecule has 4 nitrogen and oxygen atoms in total. The van der Waals surface area contributed by atoms with E-state index in [1.807, 2.05) is 12.1 Å². The van der Waals surface area contributed by atoms with Gasteiger partial charge in [0.15, 0.2) is 0 Å². The van der Waals surface area contributed by atoms with Gasteiger partial charge >= 0.3 is 0 Å². The predicted octanol–water partition coefficient (Wildman–Crippen LogP) is 2.92. The van der Waals surface area contributed by atoms with E-state index in [0.717, 1.165) is 51.3 Å². The van der Waals surface area contributed by atoms with E-state index in [4.69, 9.17) is 4.74 Å². The standard InChI is InChI=1S/C19H28N2O2/c1-23-18-9-7-16(8-10-18)14-20-11-5-6-17(15-20)19(22)21-12-3-2-4-13-21/h7-10,17H,2-6,11-15H2,1H3/t17-/m0/s1. The van der Waals surface area contributed by atoms with Crippen molar-refractivity contribution in [3.05, 3.63) is 29.8 Å². The maximum atomic E-state index is 12.7. The topological polar surface area (TPSA) is 32.8 Å². The van der Waals surface area contributed by atoms with Crippen LogP contribution in [-0.4, -0.2) is 49.0 Å². The summed E-state index contributed by atoms with van der Waals surface area (Å²) >= 11 is 0. The van der Waals surface area contributed by atoms with Gasteiger partial charge in [0.1, 0.15) is 5.75 Å². The molecular formula is C19H28N2O2. The molecule has 1 amide bonds. The Labute approximate surface area is 139 Å². The zero-order chi connectivity index (χ0) is 16.1. The molecule has 126 valence electrons. The zero-order valence-electron chi connectivity index (χ0n) is 14.2. The molecule has 0 N–H and O–H groups in total. The van der Waals surface area contributed by atoms with E-state index >= 15 is 0 Å². The molecule has 1 aromatic carbocycles. The first-order chi connectivity index (χ1) is 11.3. The van der Waals surface area contributed by atoms with Gasteiger partial charge in [-0.05, 0) is 56.3 Å². The van der Waals surface area contributed by atoms with Crippen molar-refractivity contribution >= 4 is 5.91 Å². The Kier molecular flexibility index (Phi) is 5.55. The van der Waals surface area contributed by atoms with E-state index in [2.05, 4.69) is 21.9 Å². The van der Waals surface area contributed by atoms with Crippen LogP contribution in [0.3, 0.4) is 0 Å². The molecule has 1 aromatic rings. The fourth-order valence-corrected chi connectivity index (χ4v) is 3.76. The van der Waals surface area contributed by atoms with Crippen LogP contribution >= 0.6 is 0 Å². The van der Waals surface area contributed by atoms with Gasteiger partial charge in [0.05, 0.1) is 13.0 Å². The van der Waals surface area contributed by atoms with Gasteiger partial charge in [-0.25, -0.2) is 0 Å². The van der Waals surface area contributed by atoms with E-state index in [9.17, 15) is 4.79 Å². The van der Waals surface area contributed by atoms with Crippen molar-refractivity contribution in [3.8, 4) is 5.75 Å². The monoisotopic (exact) mass is 316 g/mol. The number of methoxy groups -OCH3 is 1. The summed E-state index contributed by atoms with van der Waals surface area (Å²) in [6.45, 7) is 4.85. The second-order valence-corrected chi connectivity index (χ2v) is 6.81. The van der Waals surface area contributed by atoms with Crippen molar-refractivity contribution in [1.82, 2.24) is 9.80 Å². The molecule has 0 aliphatic carbocycles. The zero-order valence-corrected chi connectivity index (χ0v) is 14.2. The number of carbonyl (C=O) groups is 1. The van der Waals surface area contributed by atoms with Crippen LogP contribution in [0.1, 0.15) is 37.7 Å². The molecule has 0 radical (unpaired) electrons. The van der Waals surface area contributed by atoms with Gasteiger partial charge in [0.2, 0.25) is 5.91 Å². The molecule has 1 atom stereocenters. The Morgan fingerprint density at radius 3 is 2.52 bits per heavy atom. The summed E-state index contributed by atoms with van der Waals surface area (Å²) in [6, 6.07) is 8.26. The number of likely N-dealkylation sites (tertiary alicyclic amines) is 2. The van der Waals surface area contributed by atoms with E-state index in [1.54, 1.807) is 7.11 Å². The smallest absolute Gasteiger partial charge is 0.226 e. The summed E-state index contributed by atoms with van der Waals surface area (Å²) < 4.78 is 5.21. The number of ether oxygens (including phenoxy) is 1. The molecule has 2 aliphatic rings. The number of piperidine rings is 2. The van der Waals surface area contributed by atoms with Crippen LogP contribution in [0.5, 0.6) is 5.75 Å². The van der Waals surface area contributed by atoms with E-state index in [0.29, 0.717) is 5.91 Å². The van der Waals surface area contributed by atoms with Crippen LogP contribution < -0.4 is 4.74 Å². The Hall–Kier alpha value is -1.55. The first kappa shape index (κ1) is 16.3. The fourth-order valence-electron chi connectivity index (χ4n) is 3.76. The summed E-state index contributed by atoms with van der Waals surface area (Å²) in [5.41, 5.74) is 1.29. The number of nitrogens with zero attached hydrogens (tertiary/aromatic N) is 2. The van der Waals surface area contributed by atoms with Gasteiger partial charge in [0, 0.05) is 26.2 Å². The number of carbonyl (C=O) groups excluding carboxylic acids is 1. The molecular weight excluding hydrogens is 288 g/mol. The van der Waals surface area contributed by atoms with Crippen molar-refractivity contribution in [2.24, 2.45) is 5.92 Å². The number of hydrogen-bond acceptors (Lipinski definition) is 3. The van der Waals surface area contributed by atoms with Crippen molar-refractivity contribution in [3.63, 3.8) is 0 Å². The van der Waals surface area contributed by atoms with Gasteiger partial charge in [0.25, 0.3) is 0 Å². The fraction of sp³-hybridized carbons (Fsp3) is 0.632. The summed E-state index contributed by atoms with van der Waals surface area (Å²) in [6.07, 6.45) is 5.80. The van der Waals surface area contributed by atoms with Gasteiger partial charge in [-0.2, -0.15) is 0 Å². The number of hydrogen-bond donors (Lipinski definition) is 0. The average Bonchev–Trinajstić information content (AvgIpc) is 2.63. The molecule has 0 unspecified atom stereocenters.